The molecule has 0 N–H and O–H groups in total. The van der Waals surface area contributed by atoms with Gasteiger partial charge in [0.2, 0.25) is 0 Å². The number of nitrogens with zero attached hydrogens (tertiary/aromatic N) is 1. The van der Waals surface area contributed by atoms with Gasteiger partial charge in [-0.1, -0.05) is 23.2 Å². The Balaban J connectivity index is 2.95. The minimum absolute atomic E-state index is 0.587. The van der Waals surface area contributed by atoms with Crippen molar-refractivity contribution in [1.82, 2.24) is 4.98 Å². The van der Waals surface area contributed by atoms with E-state index in [1.807, 2.05) is 0 Å². The lowest BCUT2D eigenvalue weighted by Crippen LogP contribution is -1.83. The summed E-state index contributed by atoms with van der Waals surface area (Å²) in [4.78, 5) is 4.22. The van der Waals surface area contributed by atoms with Crippen LogP contribution in [0.5, 0.6) is 0 Å². The quantitative estimate of drug-likeness (QED) is 0.643. The molecule has 0 bridgehead atoms. The van der Waals surface area contributed by atoms with Gasteiger partial charge in [-0.3, -0.25) is 4.98 Å². The first-order valence-electron chi connectivity index (χ1n) is 3.68. The molecule has 1 aromatic carbocycles. The molecule has 0 amide bonds. The van der Waals surface area contributed by atoms with Crippen LogP contribution in [-0.2, 0) is 0 Å². The Labute approximate surface area is 108 Å². The Morgan fingerprint density at radius 2 is 1.86 bits per heavy atom. The van der Waals surface area contributed by atoms with Crippen molar-refractivity contribution in [3.8, 4) is 0 Å². The number of rotatable bonds is 0. The lowest BCUT2D eigenvalue weighted by Gasteiger charge is -2.04. The summed E-state index contributed by atoms with van der Waals surface area (Å²) in [7, 11) is 0. The van der Waals surface area contributed by atoms with Crippen molar-refractivity contribution in [2.24, 2.45) is 0 Å². The van der Waals surface area contributed by atoms with Gasteiger partial charge in [0, 0.05) is 21.1 Å². The highest BCUT2D eigenvalue weighted by atomic mass is 79.9. The molecule has 0 atom stereocenters. The van der Waals surface area contributed by atoms with E-state index in [1.165, 1.54) is 0 Å². The molecule has 14 heavy (non-hydrogen) atoms. The van der Waals surface area contributed by atoms with E-state index in [2.05, 4.69) is 36.8 Å². The van der Waals surface area contributed by atoms with Crippen LogP contribution in [0.15, 0.2) is 27.3 Å². The predicted octanol–water partition coefficient (Wildman–Crippen LogP) is 5.07. The summed E-state index contributed by atoms with van der Waals surface area (Å²) >= 11 is 18.7. The Morgan fingerprint density at radius 3 is 2.57 bits per heavy atom. The second kappa shape index (κ2) is 3.97. The largest absolute Gasteiger partial charge is 0.255 e. The molecule has 0 saturated heterocycles. The van der Waals surface area contributed by atoms with Crippen molar-refractivity contribution in [2.75, 3.05) is 0 Å². The third-order valence-electron chi connectivity index (χ3n) is 1.78. The summed E-state index contributed by atoms with van der Waals surface area (Å²) in [6.45, 7) is 0. The second-order valence-corrected chi connectivity index (χ2v) is 5.19. The number of aromatic nitrogens is 1. The summed E-state index contributed by atoms with van der Waals surface area (Å²) in [5.41, 5.74) is 0.776. The number of hydrogen-bond donors (Lipinski definition) is 0. The molecule has 72 valence electrons. The molecule has 0 aliphatic rings. The second-order valence-electron chi connectivity index (χ2n) is 2.70. The van der Waals surface area contributed by atoms with Crippen LogP contribution in [0.25, 0.3) is 10.9 Å². The van der Waals surface area contributed by atoms with Crippen molar-refractivity contribution in [3.05, 3.63) is 37.3 Å². The highest BCUT2D eigenvalue weighted by Gasteiger charge is 2.08. The van der Waals surface area contributed by atoms with Gasteiger partial charge in [-0.05, 0) is 44.0 Å². The molecule has 0 fully saturated rings. The first-order valence-corrected chi connectivity index (χ1v) is 6.02. The third-order valence-corrected chi connectivity index (χ3v) is 4.25. The molecular formula is C9H3Br2Cl2N. The van der Waals surface area contributed by atoms with E-state index < -0.39 is 0 Å². The number of fused-ring (bicyclic) bond motifs is 1. The fraction of sp³-hybridized carbons (Fsp3) is 0. The Morgan fingerprint density at radius 1 is 1.14 bits per heavy atom. The van der Waals surface area contributed by atoms with Gasteiger partial charge in [0.05, 0.1) is 15.0 Å². The zero-order valence-corrected chi connectivity index (χ0v) is 11.4. The summed E-state index contributed by atoms with van der Waals surface area (Å²) in [6.07, 6.45) is 1.71. The number of halogens is 4. The number of benzene rings is 1. The molecule has 0 unspecified atom stereocenters. The molecule has 0 aliphatic heterocycles. The molecule has 0 saturated carbocycles. The fourth-order valence-corrected chi connectivity index (χ4v) is 2.69. The van der Waals surface area contributed by atoms with Gasteiger partial charge >= 0.3 is 0 Å². The van der Waals surface area contributed by atoms with E-state index in [4.69, 9.17) is 23.2 Å². The molecule has 1 heterocycles. The van der Waals surface area contributed by atoms with Crippen molar-refractivity contribution < 1.29 is 0 Å². The van der Waals surface area contributed by atoms with E-state index in [0.29, 0.717) is 10.0 Å². The highest BCUT2D eigenvalue weighted by molar-refractivity contribution is 9.13. The van der Waals surface area contributed by atoms with Gasteiger partial charge < -0.3 is 0 Å². The van der Waals surface area contributed by atoms with Crippen LogP contribution in [0.4, 0.5) is 0 Å². The third kappa shape index (κ3) is 1.78. The molecule has 0 radical (unpaired) electrons. The minimum atomic E-state index is 0.587. The maximum Gasteiger partial charge on any atom is 0.0744 e. The van der Waals surface area contributed by atoms with Crippen LogP contribution in [0.3, 0.4) is 0 Å². The average molecular weight is 356 g/mol. The van der Waals surface area contributed by atoms with E-state index in [9.17, 15) is 0 Å². The summed E-state index contributed by atoms with van der Waals surface area (Å²) in [5.74, 6) is 0. The van der Waals surface area contributed by atoms with Crippen LogP contribution in [0, 0.1) is 0 Å². The van der Waals surface area contributed by atoms with Gasteiger partial charge in [-0.15, -0.1) is 0 Å². The molecule has 2 aromatic rings. The summed E-state index contributed by atoms with van der Waals surface area (Å²) < 4.78 is 1.76. The van der Waals surface area contributed by atoms with Crippen molar-refractivity contribution in [2.45, 2.75) is 0 Å². The monoisotopic (exact) mass is 353 g/mol. The Kier molecular flexibility index (Phi) is 3.03. The number of pyridine rings is 1. The smallest absolute Gasteiger partial charge is 0.0744 e. The van der Waals surface area contributed by atoms with Gasteiger partial charge in [0.25, 0.3) is 0 Å². The van der Waals surface area contributed by atoms with Crippen LogP contribution in [-0.4, -0.2) is 4.98 Å². The zero-order chi connectivity index (χ0) is 10.3. The van der Waals surface area contributed by atoms with Crippen LogP contribution >= 0.6 is 55.1 Å². The van der Waals surface area contributed by atoms with Crippen molar-refractivity contribution >= 4 is 66.0 Å². The first kappa shape index (κ1) is 10.7. The molecule has 1 aromatic heterocycles. The van der Waals surface area contributed by atoms with E-state index in [-0.39, 0.29) is 0 Å². The Bertz CT molecular complexity index is 514. The summed E-state index contributed by atoms with van der Waals surface area (Å²) in [5, 5.41) is 2.04. The maximum absolute atomic E-state index is 6.06. The standard InChI is InChI=1S/C9H3Br2Cl2N/c10-5-3-14-7-2-4(12)1-6(13)8(7)9(5)11/h1-3H. The van der Waals surface area contributed by atoms with Crippen LogP contribution < -0.4 is 0 Å². The lowest BCUT2D eigenvalue weighted by atomic mass is 10.2. The molecular weight excluding hydrogens is 353 g/mol. The van der Waals surface area contributed by atoms with Crippen molar-refractivity contribution in [3.63, 3.8) is 0 Å². The van der Waals surface area contributed by atoms with Crippen LogP contribution in [0.2, 0.25) is 10.0 Å². The van der Waals surface area contributed by atoms with Gasteiger partial charge in [-0.2, -0.15) is 0 Å². The lowest BCUT2D eigenvalue weighted by molar-refractivity contribution is 1.38. The van der Waals surface area contributed by atoms with E-state index in [1.54, 1.807) is 18.3 Å². The van der Waals surface area contributed by atoms with E-state index in [0.717, 1.165) is 19.8 Å². The van der Waals surface area contributed by atoms with Gasteiger partial charge in [0.1, 0.15) is 0 Å². The van der Waals surface area contributed by atoms with Crippen molar-refractivity contribution in [1.29, 1.82) is 0 Å². The Hall–Kier alpha value is 0.170. The SMILES string of the molecule is Clc1cc(Cl)c2c(Br)c(Br)cnc2c1. The van der Waals surface area contributed by atoms with Gasteiger partial charge in [0.15, 0.2) is 0 Å². The topological polar surface area (TPSA) is 12.9 Å². The summed E-state index contributed by atoms with van der Waals surface area (Å²) in [6, 6.07) is 3.48. The fourth-order valence-electron chi connectivity index (χ4n) is 1.18. The molecule has 5 heteroatoms. The minimum Gasteiger partial charge on any atom is -0.255 e. The zero-order valence-electron chi connectivity index (χ0n) is 6.69. The molecule has 2 rings (SSSR count). The average Bonchev–Trinajstić information content (AvgIpc) is 2.10. The maximum atomic E-state index is 6.06. The normalized spacial score (nSPS) is 10.9. The number of hydrogen-bond acceptors (Lipinski definition) is 1. The molecule has 0 spiro atoms. The first-order chi connectivity index (χ1) is 6.59. The van der Waals surface area contributed by atoms with Gasteiger partial charge in [-0.25, -0.2) is 0 Å². The van der Waals surface area contributed by atoms with E-state index >= 15 is 0 Å². The van der Waals surface area contributed by atoms with Crippen LogP contribution in [0.1, 0.15) is 0 Å². The predicted molar refractivity (Wildman–Crippen MR) is 67.2 cm³/mol. The molecule has 0 aliphatic carbocycles. The highest BCUT2D eigenvalue weighted by Crippen LogP contribution is 2.36. The molecule has 1 nitrogen and oxygen atoms in total.